The summed E-state index contributed by atoms with van der Waals surface area (Å²) in [5.41, 5.74) is 1.06. The van der Waals surface area contributed by atoms with Crippen molar-refractivity contribution in [2.24, 2.45) is 0 Å². The zero-order chi connectivity index (χ0) is 15.7. The highest BCUT2D eigenvalue weighted by Gasteiger charge is 2.47. The molecule has 2 amide bonds. The Balaban J connectivity index is 1.59. The van der Waals surface area contributed by atoms with E-state index in [4.69, 9.17) is 0 Å². The van der Waals surface area contributed by atoms with Crippen LogP contribution >= 0.6 is 0 Å². The van der Waals surface area contributed by atoms with Gasteiger partial charge in [0.1, 0.15) is 0 Å². The lowest BCUT2D eigenvalue weighted by Crippen LogP contribution is -2.54. The van der Waals surface area contributed by atoms with Crippen LogP contribution < -0.4 is 0 Å². The molecule has 1 aromatic rings. The molecule has 6 heteroatoms. The fourth-order valence-electron chi connectivity index (χ4n) is 3.34. The number of carbonyl (C=O) groups excluding carboxylic acids is 1. The average molecular weight is 309 g/mol. The molecule has 4 nitrogen and oxygen atoms in total. The van der Waals surface area contributed by atoms with Gasteiger partial charge in [-0.1, -0.05) is 30.3 Å². The second-order valence-corrected chi connectivity index (χ2v) is 6.25. The van der Waals surface area contributed by atoms with Crippen LogP contribution in [0.4, 0.5) is 13.6 Å². The number of fused-ring (bicyclic) bond motifs is 1. The summed E-state index contributed by atoms with van der Waals surface area (Å²) >= 11 is 0. The normalized spacial score (nSPS) is 24.1. The summed E-state index contributed by atoms with van der Waals surface area (Å²) in [5, 5.41) is 0. The van der Waals surface area contributed by atoms with Crippen LogP contribution in [0, 0.1) is 0 Å². The Kier molecular flexibility index (Phi) is 4.04. The smallest absolute Gasteiger partial charge is 0.320 e. The first kappa shape index (κ1) is 15.2. The van der Waals surface area contributed by atoms with Crippen LogP contribution in [0.25, 0.3) is 0 Å². The lowest BCUT2D eigenvalue weighted by atomic mass is 10.1. The van der Waals surface area contributed by atoms with Gasteiger partial charge < -0.3 is 9.80 Å². The van der Waals surface area contributed by atoms with Gasteiger partial charge in [-0.3, -0.25) is 4.90 Å². The number of halogens is 2. The molecule has 0 saturated carbocycles. The van der Waals surface area contributed by atoms with Crippen LogP contribution in [0.15, 0.2) is 30.3 Å². The zero-order valence-electron chi connectivity index (χ0n) is 12.7. The van der Waals surface area contributed by atoms with Crippen LogP contribution in [-0.4, -0.2) is 65.9 Å². The predicted molar refractivity (Wildman–Crippen MR) is 79.8 cm³/mol. The number of hydrogen-bond acceptors (Lipinski definition) is 2. The van der Waals surface area contributed by atoms with Crippen molar-refractivity contribution >= 4 is 6.03 Å². The van der Waals surface area contributed by atoms with Gasteiger partial charge in [0, 0.05) is 45.7 Å². The monoisotopic (exact) mass is 309 g/mol. The lowest BCUT2D eigenvalue weighted by Gasteiger charge is -2.38. The van der Waals surface area contributed by atoms with Gasteiger partial charge in [-0.15, -0.1) is 0 Å². The second kappa shape index (κ2) is 5.83. The number of hydrogen-bond donors (Lipinski definition) is 0. The number of rotatable bonds is 2. The molecule has 0 aromatic heterocycles. The van der Waals surface area contributed by atoms with E-state index in [0.29, 0.717) is 26.2 Å². The number of urea groups is 1. The van der Waals surface area contributed by atoms with Gasteiger partial charge in [-0.2, -0.15) is 0 Å². The maximum Gasteiger partial charge on any atom is 0.320 e. The Morgan fingerprint density at radius 1 is 1.32 bits per heavy atom. The van der Waals surface area contributed by atoms with Crippen LogP contribution in [0.2, 0.25) is 0 Å². The third-order valence-corrected chi connectivity index (χ3v) is 4.43. The lowest BCUT2D eigenvalue weighted by molar-refractivity contribution is 0.0121. The minimum absolute atomic E-state index is 0.0845. The van der Waals surface area contributed by atoms with Crippen molar-refractivity contribution in [2.75, 3.05) is 33.2 Å². The SMILES string of the molecule is CN(Cc1ccccc1)C(=O)N1CCN2CC(F)(F)C[C@H]2C1. The standard InChI is InChI=1S/C16H21F2N3O/c1-19(10-13-5-3-2-4-6-13)15(22)20-7-8-21-12-16(17,18)9-14(21)11-20/h2-6,14H,7-12H2,1H3/t14-/m0/s1. The molecule has 2 fully saturated rings. The molecule has 2 aliphatic heterocycles. The van der Waals surface area contributed by atoms with Gasteiger partial charge in [0.15, 0.2) is 0 Å². The molecule has 3 rings (SSSR count). The van der Waals surface area contributed by atoms with E-state index in [9.17, 15) is 13.6 Å². The Hall–Kier alpha value is -1.69. The van der Waals surface area contributed by atoms with Crippen LogP contribution in [0.1, 0.15) is 12.0 Å². The first-order valence-corrected chi connectivity index (χ1v) is 7.60. The van der Waals surface area contributed by atoms with E-state index in [1.165, 1.54) is 0 Å². The van der Waals surface area contributed by atoms with E-state index in [0.717, 1.165) is 5.56 Å². The molecule has 1 aromatic carbocycles. The second-order valence-electron chi connectivity index (χ2n) is 6.25. The first-order valence-electron chi connectivity index (χ1n) is 7.60. The molecular formula is C16H21F2N3O. The summed E-state index contributed by atoms with van der Waals surface area (Å²) in [4.78, 5) is 17.7. The molecule has 120 valence electrons. The zero-order valence-corrected chi connectivity index (χ0v) is 12.7. The number of amides is 2. The van der Waals surface area contributed by atoms with Crippen molar-refractivity contribution in [3.05, 3.63) is 35.9 Å². The predicted octanol–water partition coefficient (Wildman–Crippen LogP) is 2.26. The van der Waals surface area contributed by atoms with Crippen molar-refractivity contribution in [1.82, 2.24) is 14.7 Å². The van der Waals surface area contributed by atoms with E-state index in [1.54, 1.807) is 21.7 Å². The molecule has 0 bridgehead atoms. The van der Waals surface area contributed by atoms with Crippen LogP contribution in [0.3, 0.4) is 0 Å². The molecule has 0 radical (unpaired) electrons. The van der Waals surface area contributed by atoms with Gasteiger partial charge in [-0.05, 0) is 5.56 Å². The molecule has 2 heterocycles. The number of carbonyl (C=O) groups is 1. The average Bonchev–Trinajstić information content (AvgIpc) is 2.80. The largest absolute Gasteiger partial charge is 0.323 e. The van der Waals surface area contributed by atoms with Crippen molar-refractivity contribution in [3.63, 3.8) is 0 Å². The third kappa shape index (κ3) is 3.21. The highest BCUT2D eigenvalue weighted by molar-refractivity contribution is 5.74. The molecule has 22 heavy (non-hydrogen) atoms. The summed E-state index contributed by atoms with van der Waals surface area (Å²) in [7, 11) is 1.75. The van der Waals surface area contributed by atoms with Crippen molar-refractivity contribution in [1.29, 1.82) is 0 Å². The molecule has 0 spiro atoms. The highest BCUT2D eigenvalue weighted by Crippen LogP contribution is 2.33. The minimum Gasteiger partial charge on any atom is -0.323 e. The van der Waals surface area contributed by atoms with E-state index in [-0.39, 0.29) is 25.0 Å². The topological polar surface area (TPSA) is 26.8 Å². The summed E-state index contributed by atoms with van der Waals surface area (Å²) in [6.45, 7) is 1.81. The van der Waals surface area contributed by atoms with E-state index >= 15 is 0 Å². The number of nitrogens with zero attached hydrogens (tertiary/aromatic N) is 3. The Labute approximate surface area is 129 Å². The summed E-state index contributed by atoms with van der Waals surface area (Å²) in [6, 6.07) is 9.46. The Morgan fingerprint density at radius 3 is 2.77 bits per heavy atom. The van der Waals surface area contributed by atoms with Crippen molar-refractivity contribution in [2.45, 2.75) is 24.9 Å². The maximum absolute atomic E-state index is 13.5. The molecular weight excluding hydrogens is 288 g/mol. The van der Waals surface area contributed by atoms with Crippen LogP contribution in [0.5, 0.6) is 0 Å². The van der Waals surface area contributed by atoms with Gasteiger partial charge in [0.2, 0.25) is 0 Å². The Morgan fingerprint density at radius 2 is 2.05 bits per heavy atom. The molecule has 0 N–H and O–H groups in total. The molecule has 2 saturated heterocycles. The first-order chi connectivity index (χ1) is 10.4. The quantitative estimate of drug-likeness (QED) is 0.838. The van der Waals surface area contributed by atoms with Crippen molar-refractivity contribution in [3.8, 4) is 0 Å². The fraction of sp³-hybridized carbons (Fsp3) is 0.562. The Bertz CT molecular complexity index is 537. The molecule has 2 aliphatic rings. The van der Waals surface area contributed by atoms with E-state index < -0.39 is 5.92 Å². The molecule has 0 aliphatic carbocycles. The van der Waals surface area contributed by atoms with Gasteiger partial charge in [-0.25, -0.2) is 13.6 Å². The highest BCUT2D eigenvalue weighted by atomic mass is 19.3. The number of alkyl halides is 2. The van der Waals surface area contributed by atoms with E-state index in [2.05, 4.69) is 0 Å². The number of benzene rings is 1. The summed E-state index contributed by atoms with van der Waals surface area (Å²) in [5.74, 6) is -2.61. The van der Waals surface area contributed by atoms with Gasteiger partial charge in [0.05, 0.1) is 6.54 Å². The van der Waals surface area contributed by atoms with Crippen molar-refractivity contribution < 1.29 is 13.6 Å². The minimum atomic E-state index is -2.61. The van der Waals surface area contributed by atoms with Gasteiger partial charge >= 0.3 is 6.03 Å². The summed E-state index contributed by atoms with van der Waals surface area (Å²) in [6.07, 6.45) is -0.140. The number of piperazine rings is 1. The summed E-state index contributed by atoms with van der Waals surface area (Å²) < 4.78 is 26.9. The third-order valence-electron chi connectivity index (χ3n) is 4.43. The molecule has 0 unspecified atom stereocenters. The fourth-order valence-corrected chi connectivity index (χ4v) is 3.34. The van der Waals surface area contributed by atoms with Gasteiger partial charge in [0.25, 0.3) is 5.92 Å². The maximum atomic E-state index is 13.5. The molecule has 1 atom stereocenters. The van der Waals surface area contributed by atoms with E-state index in [1.807, 2.05) is 30.3 Å². The van der Waals surface area contributed by atoms with Crippen LogP contribution in [-0.2, 0) is 6.54 Å².